The molecular formula is C14H13BrClN3O. The van der Waals surface area contributed by atoms with Crippen LogP contribution in [0.2, 0.25) is 5.15 Å². The molecule has 1 amide bonds. The minimum Gasteiger partial charge on any atom is -0.399 e. The highest BCUT2D eigenvalue weighted by Crippen LogP contribution is 2.25. The molecule has 0 aliphatic carbocycles. The highest BCUT2D eigenvalue weighted by atomic mass is 79.9. The predicted molar refractivity (Wildman–Crippen MR) is 84.8 cm³/mol. The van der Waals surface area contributed by atoms with Gasteiger partial charge in [0, 0.05) is 16.4 Å². The summed E-state index contributed by atoms with van der Waals surface area (Å²) in [5.41, 5.74) is 7.68. The topological polar surface area (TPSA) is 68.0 Å². The van der Waals surface area contributed by atoms with Crippen molar-refractivity contribution < 1.29 is 4.79 Å². The minimum atomic E-state index is -0.339. The van der Waals surface area contributed by atoms with E-state index in [0.717, 1.165) is 10.0 Å². The van der Waals surface area contributed by atoms with Gasteiger partial charge in [0.05, 0.1) is 11.6 Å². The minimum absolute atomic E-state index is 0.169. The number of hydrogen-bond donors (Lipinski definition) is 2. The summed E-state index contributed by atoms with van der Waals surface area (Å²) in [4.78, 5) is 16.2. The second-order valence-electron chi connectivity index (χ2n) is 4.37. The van der Waals surface area contributed by atoms with Gasteiger partial charge in [0.25, 0.3) is 0 Å². The number of nitrogens with one attached hydrogen (secondary N) is 1. The summed E-state index contributed by atoms with van der Waals surface area (Å²) in [6, 6.07) is 8.96. The number of rotatable bonds is 3. The first-order valence-electron chi connectivity index (χ1n) is 5.94. The van der Waals surface area contributed by atoms with Crippen LogP contribution in [0, 0.1) is 0 Å². The number of nitrogens with zero attached hydrogens (tertiary/aromatic N) is 1. The lowest BCUT2D eigenvalue weighted by Gasteiger charge is -2.13. The second kappa shape index (κ2) is 6.24. The van der Waals surface area contributed by atoms with Gasteiger partial charge in [-0.15, -0.1) is 0 Å². The van der Waals surface area contributed by atoms with Crippen LogP contribution in [0.25, 0.3) is 0 Å². The number of anilines is 2. The molecule has 0 aliphatic heterocycles. The Hall–Kier alpha value is -1.59. The SMILES string of the molecule is CC(C(=O)Nc1cc(Br)cnc1Cl)c1cccc(N)c1. The van der Waals surface area contributed by atoms with Crippen molar-refractivity contribution in [1.82, 2.24) is 4.98 Å². The van der Waals surface area contributed by atoms with Crippen LogP contribution in [0.3, 0.4) is 0 Å². The number of carbonyl (C=O) groups excluding carboxylic acids is 1. The molecule has 0 spiro atoms. The van der Waals surface area contributed by atoms with Crippen molar-refractivity contribution >= 4 is 44.8 Å². The van der Waals surface area contributed by atoms with Crippen molar-refractivity contribution in [3.8, 4) is 0 Å². The van der Waals surface area contributed by atoms with Gasteiger partial charge in [-0.3, -0.25) is 4.79 Å². The van der Waals surface area contributed by atoms with Crippen LogP contribution in [0.4, 0.5) is 11.4 Å². The molecule has 0 radical (unpaired) electrons. The third-order valence-corrected chi connectivity index (χ3v) is 3.60. The van der Waals surface area contributed by atoms with E-state index in [-0.39, 0.29) is 17.0 Å². The summed E-state index contributed by atoms with van der Waals surface area (Å²) >= 11 is 9.24. The van der Waals surface area contributed by atoms with E-state index in [4.69, 9.17) is 17.3 Å². The number of hydrogen-bond acceptors (Lipinski definition) is 3. The highest BCUT2D eigenvalue weighted by molar-refractivity contribution is 9.10. The fourth-order valence-corrected chi connectivity index (χ4v) is 2.21. The third kappa shape index (κ3) is 3.49. The number of aromatic nitrogens is 1. The lowest BCUT2D eigenvalue weighted by Crippen LogP contribution is -2.19. The molecule has 0 aliphatic rings. The molecular weight excluding hydrogens is 342 g/mol. The lowest BCUT2D eigenvalue weighted by atomic mass is 10.00. The van der Waals surface area contributed by atoms with Gasteiger partial charge in [0.2, 0.25) is 5.91 Å². The van der Waals surface area contributed by atoms with Gasteiger partial charge >= 0.3 is 0 Å². The monoisotopic (exact) mass is 353 g/mol. The maximum Gasteiger partial charge on any atom is 0.231 e. The average molecular weight is 355 g/mol. The van der Waals surface area contributed by atoms with Crippen molar-refractivity contribution in [2.45, 2.75) is 12.8 Å². The van der Waals surface area contributed by atoms with E-state index >= 15 is 0 Å². The van der Waals surface area contributed by atoms with Gasteiger partial charge in [-0.25, -0.2) is 4.98 Å². The zero-order valence-corrected chi connectivity index (χ0v) is 13.1. The van der Waals surface area contributed by atoms with Gasteiger partial charge in [-0.05, 0) is 46.6 Å². The summed E-state index contributed by atoms with van der Waals surface area (Å²) in [5, 5.41) is 3.02. The van der Waals surface area contributed by atoms with E-state index in [1.54, 1.807) is 24.4 Å². The summed E-state index contributed by atoms with van der Waals surface area (Å²) < 4.78 is 0.744. The second-order valence-corrected chi connectivity index (χ2v) is 5.65. The smallest absolute Gasteiger partial charge is 0.231 e. The quantitative estimate of drug-likeness (QED) is 0.650. The summed E-state index contributed by atoms with van der Waals surface area (Å²) in [6.07, 6.45) is 1.57. The Balaban J connectivity index is 2.17. The van der Waals surface area contributed by atoms with Crippen molar-refractivity contribution in [3.05, 3.63) is 51.7 Å². The molecule has 3 N–H and O–H groups in total. The molecule has 1 aromatic heterocycles. The molecule has 1 aromatic carbocycles. The average Bonchev–Trinajstić information content (AvgIpc) is 2.42. The molecule has 2 aromatic rings. The normalized spacial score (nSPS) is 11.9. The van der Waals surface area contributed by atoms with Crippen molar-refractivity contribution in [1.29, 1.82) is 0 Å². The van der Waals surface area contributed by atoms with Crippen molar-refractivity contribution in [2.75, 3.05) is 11.1 Å². The number of carbonyl (C=O) groups is 1. The first-order valence-corrected chi connectivity index (χ1v) is 7.12. The third-order valence-electron chi connectivity index (χ3n) is 2.87. The van der Waals surface area contributed by atoms with E-state index in [9.17, 15) is 4.79 Å². The lowest BCUT2D eigenvalue weighted by molar-refractivity contribution is -0.117. The van der Waals surface area contributed by atoms with Crippen LogP contribution >= 0.6 is 27.5 Å². The number of amides is 1. The Labute approximate surface area is 130 Å². The molecule has 1 heterocycles. The Morgan fingerprint density at radius 1 is 1.45 bits per heavy atom. The van der Waals surface area contributed by atoms with Gasteiger partial charge < -0.3 is 11.1 Å². The van der Waals surface area contributed by atoms with E-state index < -0.39 is 0 Å². The standard InChI is InChI=1S/C14H13BrClN3O/c1-8(9-3-2-4-11(17)5-9)14(20)19-12-6-10(15)7-18-13(12)16/h2-8H,17H2,1H3,(H,19,20). The number of benzene rings is 1. The Morgan fingerprint density at radius 3 is 2.90 bits per heavy atom. The molecule has 0 saturated carbocycles. The fourth-order valence-electron chi connectivity index (χ4n) is 1.73. The number of halogens is 2. The fraction of sp³-hybridized carbons (Fsp3) is 0.143. The first kappa shape index (κ1) is 14.8. The predicted octanol–water partition coefficient (Wildman–Crippen LogP) is 3.82. The molecule has 1 unspecified atom stereocenters. The molecule has 1 atom stereocenters. The molecule has 2 rings (SSSR count). The van der Waals surface area contributed by atoms with Gasteiger partial charge in [-0.1, -0.05) is 23.7 Å². The zero-order chi connectivity index (χ0) is 14.7. The van der Waals surface area contributed by atoms with Crippen LogP contribution in [-0.2, 0) is 4.79 Å². The van der Waals surface area contributed by atoms with E-state index in [1.165, 1.54) is 0 Å². The first-order chi connectivity index (χ1) is 9.47. The Bertz CT molecular complexity index is 648. The zero-order valence-electron chi connectivity index (χ0n) is 10.7. The van der Waals surface area contributed by atoms with Gasteiger partial charge in [-0.2, -0.15) is 0 Å². The molecule has 6 heteroatoms. The number of pyridine rings is 1. The van der Waals surface area contributed by atoms with Gasteiger partial charge in [0.15, 0.2) is 5.15 Å². The molecule has 4 nitrogen and oxygen atoms in total. The van der Waals surface area contributed by atoms with Crippen LogP contribution in [0.1, 0.15) is 18.4 Å². The van der Waals surface area contributed by atoms with E-state index in [1.807, 2.05) is 19.1 Å². The van der Waals surface area contributed by atoms with Crippen LogP contribution in [0.5, 0.6) is 0 Å². The Morgan fingerprint density at radius 2 is 2.20 bits per heavy atom. The largest absolute Gasteiger partial charge is 0.399 e. The maximum absolute atomic E-state index is 12.2. The summed E-state index contributed by atoms with van der Waals surface area (Å²) in [5.74, 6) is -0.508. The Kier molecular flexibility index (Phi) is 4.62. The summed E-state index contributed by atoms with van der Waals surface area (Å²) in [7, 11) is 0. The van der Waals surface area contributed by atoms with Crippen LogP contribution in [0.15, 0.2) is 41.0 Å². The molecule has 0 fully saturated rings. The maximum atomic E-state index is 12.2. The molecule has 20 heavy (non-hydrogen) atoms. The summed E-state index contributed by atoms with van der Waals surface area (Å²) in [6.45, 7) is 1.81. The number of nitrogen functional groups attached to an aromatic ring is 1. The van der Waals surface area contributed by atoms with E-state index in [2.05, 4.69) is 26.2 Å². The van der Waals surface area contributed by atoms with Crippen molar-refractivity contribution in [2.24, 2.45) is 0 Å². The highest BCUT2D eigenvalue weighted by Gasteiger charge is 2.17. The van der Waals surface area contributed by atoms with E-state index in [0.29, 0.717) is 11.4 Å². The molecule has 104 valence electrons. The van der Waals surface area contributed by atoms with Crippen LogP contribution in [-0.4, -0.2) is 10.9 Å². The van der Waals surface area contributed by atoms with Gasteiger partial charge in [0.1, 0.15) is 0 Å². The molecule has 0 bridgehead atoms. The van der Waals surface area contributed by atoms with Crippen LogP contribution < -0.4 is 11.1 Å². The number of nitrogens with two attached hydrogens (primary N) is 1. The molecule has 0 saturated heterocycles. The van der Waals surface area contributed by atoms with Crippen molar-refractivity contribution in [3.63, 3.8) is 0 Å².